The van der Waals surface area contributed by atoms with E-state index < -0.39 is 0 Å². The number of likely N-dealkylation sites (tertiary alicyclic amines) is 1. The van der Waals surface area contributed by atoms with Gasteiger partial charge in [-0.05, 0) is 20.3 Å². The highest BCUT2D eigenvalue weighted by atomic mass is 16.1. The van der Waals surface area contributed by atoms with Crippen molar-refractivity contribution >= 4 is 5.78 Å². The molecule has 1 saturated heterocycles. The number of carbonyl (C=O) groups is 1. The van der Waals surface area contributed by atoms with Gasteiger partial charge in [0.05, 0.1) is 6.54 Å². The van der Waals surface area contributed by atoms with Crippen LogP contribution in [0.4, 0.5) is 0 Å². The van der Waals surface area contributed by atoms with Crippen LogP contribution in [0.1, 0.15) is 33.6 Å². The molecule has 0 radical (unpaired) electrons. The topological polar surface area (TPSA) is 20.3 Å². The van der Waals surface area contributed by atoms with Crippen LogP contribution < -0.4 is 0 Å². The monoisotopic (exact) mass is 155 g/mol. The molecular formula is C9H17NO. The lowest BCUT2D eigenvalue weighted by atomic mass is 10.0. The van der Waals surface area contributed by atoms with Gasteiger partial charge in [0.15, 0.2) is 0 Å². The molecule has 11 heavy (non-hydrogen) atoms. The number of hydrogen-bond donors (Lipinski definition) is 0. The average Bonchev–Trinajstić information content (AvgIpc) is 2.36. The second-order valence-corrected chi connectivity index (χ2v) is 3.88. The maximum absolute atomic E-state index is 11.0. The van der Waals surface area contributed by atoms with E-state index in [0.29, 0.717) is 12.3 Å². The smallest absolute Gasteiger partial charge is 0.148 e. The fourth-order valence-corrected chi connectivity index (χ4v) is 1.37. The molecule has 1 rings (SSSR count). The predicted molar refractivity (Wildman–Crippen MR) is 45.6 cm³/mol. The molecule has 0 N–H and O–H groups in total. The van der Waals surface area contributed by atoms with Crippen molar-refractivity contribution in [1.29, 1.82) is 0 Å². The van der Waals surface area contributed by atoms with Crippen LogP contribution in [0.2, 0.25) is 0 Å². The van der Waals surface area contributed by atoms with E-state index in [4.69, 9.17) is 0 Å². The molecule has 0 aromatic carbocycles. The number of ketones is 1. The van der Waals surface area contributed by atoms with Crippen LogP contribution in [0.25, 0.3) is 0 Å². The van der Waals surface area contributed by atoms with Gasteiger partial charge >= 0.3 is 0 Å². The summed E-state index contributed by atoms with van der Waals surface area (Å²) in [5, 5.41) is 0. The Kier molecular flexibility index (Phi) is 2.33. The SMILES string of the molecule is CCC(C)(C)N1CCC(=O)C1. The van der Waals surface area contributed by atoms with E-state index in [1.807, 2.05) is 0 Å². The summed E-state index contributed by atoms with van der Waals surface area (Å²) in [4.78, 5) is 13.2. The number of nitrogens with zero attached hydrogens (tertiary/aromatic N) is 1. The molecule has 2 heteroatoms. The second-order valence-electron chi connectivity index (χ2n) is 3.88. The van der Waals surface area contributed by atoms with Crippen molar-refractivity contribution in [3.8, 4) is 0 Å². The minimum absolute atomic E-state index is 0.214. The minimum Gasteiger partial charge on any atom is -0.298 e. The van der Waals surface area contributed by atoms with Crippen molar-refractivity contribution in [2.45, 2.75) is 39.2 Å². The number of Topliss-reactive ketones (excluding diaryl/α,β-unsaturated/α-hetero) is 1. The largest absolute Gasteiger partial charge is 0.298 e. The summed E-state index contributed by atoms with van der Waals surface area (Å²) >= 11 is 0. The van der Waals surface area contributed by atoms with Gasteiger partial charge < -0.3 is 0 Å². The first-order valence-corrected chi connectivity index (χ1v) is 4.33. The third-order valence-corrected chi connectivity index (χ3v) is 2.75. The minimum atomic E-state index is 0.214. The van der Waals surface area contributed by atoms with Gasteiger partial charge in [-0.2, -0.15) is 0 Å². The zero-order valence-corrected chi connectivity index (χ0v) is 7.68. The van der Waals surface area contributed by atoms with Gasteiger partial charge in [0, 0.05) is 18.5 Å². The summed E-state index contributed by atoms with van der Waals surface area (Å²) in [7, 11) is 0. The van der Waals surface area contributed by atoms with Gasteiger partial charge in [0.2, 0.25) is 0 Å². The van der Waals surface area contributed by atoms with E-state index in [9.17, 15) is 4.79 Å². The van der Waals surface area contributed by atoms with Crippen LogP contribution in [0.3, 0.4) is 0 Å². The second kappa shape index (κ2) is 2.94. The Morgan fingerprint density at radius 3 is 2.55 bits per heavy atom. The Morgan fingerprint density at radius 2 is 2.18 bits per heavy atom. The number of rotatable bonds is 2. The number of hydrogen-bond acceptors (Lipinski definition) is 2. The van der Waals surface area contributed by atoms with E-state index in [-0.39, 0.29) is 5.54 Å². The molecule has 0 unspecified atom stereocenters. The molecule has 1 heterocycles. The molecule has 0 aromatic rings. The highest BCUT2D eigenvalue weighted by Crippen LogP contribution is 2.21. The Labute approximate surface area is 68.6 Å². The van der Waals surface area contributed by atoms with Crippen molar-refractivity contribution in [3.05, 3.63) is 0 Å². The molecule has 0 saturated carbocycles. The lowest BCUT2D eigenvalue weighted by Crippen LogP contribution is -2.41. The van der Waals surface area contributed by atoms with Crippen LogP contribution in [0, 0.1) is 0 Å². The summed E-state index contributed by atoms with van der Waals surface area (Å²) in [6, 6.07) is 0. The van der Waals surface area contributed by atoms with E-state index in [2.05, 4.69) is 25.7 Å². The molecule has 0 aromatic heterocycles. The molecule has 0 bridgehead atoms. The quantitative estimate of drug-likeness (QED) is 0.601. The first kappa shape index (κ1) is 8.72. The van der Waals surface area contributed by atoms with Gasteiger partial charge in [-0.15, -0.1) is 0 Å². The van der Waals surface area contributed by atoms with Gasteiger partial charge in [0.1, 0.15) is 5.78 Å². The molecule has 1 fully saturated rings. The van der Waals surface area contributed by atoms with Crippen molar-refractivity contribution in [2.75, 3.05) is 13.1 Å². The van der Waals surface area contributed by atoms with E-state index in [0.717, 1.165) is 19.4 Å². The van der Waals surface area contributed by atoms with Crippen molar-refractivity contribution in [3.63, 3.8) is 0 Å². The van der Waals surface area contributed by atoms with Crippen LogP contribution >= 0.6 is 0 Å². The summed E-state index contributed by atoms with van der Waals surface area (Å²) in [6.45, 7) is 8.19. The molecule has 0 aliphatic carbocycles. The third kappa shape index (κ3) is 1.80. The molecular weight excluding hydrogens is 138 g/mol. The Morgan fingerprint density at radius 1 is 1.55 bits per heavy atom. The van der Waals surface area contributed by atoms with Crippen LogP contribution in [-0.4, -0.2) is 29.3 Å². The summed E-state index contributed by atoms with van der Waals surface area (Å²) in [5.41, 5.74) is 0.214. The highest BCUT2D eigenvalue weighted by molar-refractivity contribution is 5.82. The van der Waals surface area contributed by atoms with E-state index >= 15 is 0 Å². The van der Waals surface area contributed by atoms with Crippen molar-refractivity contribution < 1.29 is 4.79 Å². The van der Waals surface area contributed by atoms with Gasteiger partial charge in [0.25, 0.3) is 0 Å². The Hall–Kier alpha value is -0.370. The maximum atomic E-state index is 11.0. The van der Waals surface area contributed by atoms with E-state index in [1.165, 1.54) is 0 Å². The molecule has 64 valence electrons. The summed E-state index contributed by atoms with van der Waals surface area (Å²) in [5.74, 6) is 0.395. The number of carbonyl (C=O) groups excluding carboxylic acids is 1. The summed E-state index contributed by atoms with van der Waals surface area (Å²) in [6.07, 6.45) is 1.86. The van der Waals surface area contributed by atoms with E-state index in [1.54, 1.807) is 0 Å². The first-order valence-electron chi connectivity index (χ1n) is 4.33. The lowest BCUT2D eigenvalue weighted by Gasteiger charge is -2.33. The zero-order valence-electron chi connectivity index (χ0n) is 7.68. The molecule has 0 spiro atoms. The van der Waals surface area contributed by atoms with Crippen LogP contribution in [0.15, 0.2) is 0 Å². The predicted octanol–water partition coefficient (Wildman–Crippen LogP) is 1.45. The Bertz CT molecular complexity index is 163. The average molecular weight is 155 g/mol. The van der Waals surface area contributed by atoms with Gasteiger partial charge in [-0.3, -0.25) is 9.69 Å². The molecule has 1 aliphatic rings. The van der Waals surface area contributed by atoms with Gasteiger partial charge in [-0.25, -0.2) is 0 Å². The standard InChI is InChI=1S/C9H17NO/c1-4-9(2,3)10-6-5-8(11)7-10/h4-7H2,1-3H3. The fraction of sp³-hybridized carbons (Fsp3) is 0.889. The maximum Gasteiger partial charge on any atom is 0.148 e. The lowest BCUT2D eigenvalue weighted by molar-refractivity contribution is -0.117. The third-order valence-electron chi connectivity index (χ3n) is 2.75. The molecule has 0 amide bonds. The fourth-order valence-electron chi connectivity index (χ4n) is 1.37. The van der Waals surface area contributed by atoms with Crippen molar-refractivity contribution in [1.82, 2.24) is 4.90 Å². The summed E-state index contributed by atoms with van der Waals surface area (Å²) < 4.78 is 0. The van der Waals surface area contributed by atoms with Gasteiger partial charge in [-0.1, -0.05) is 6.92 Å². The van der Waals surface area contributed by atoms with Crippen LogP contribution in [0.5, 0.6) is 0 Å². The van der Waals surface area contributed by atoms with Crippen LogP contribution in [-0.2, 0) is 4.79 Å². The zero-order chi connectivity index (χ0) is 8.48. The molecule has 2 nitrogen and oxygen atoms in total. The first-order chi connectivity index (χ1) is 5.06. The van der Waals surface area contributed by atoms with Crippen molar-refractivity contribution in [2.24, 2.45) is 0 Å². The normalized spacial score (nSPS) is 21.2. The Balaban J connectivity index is 2.55. The molecule has 0 atom stereocenters. The highest BCUT2D eigenvalue weighted by Gasteiger charge is 2.30. The molecule has 1 aliphatic heterocycles.